The summed E-state index contributed by atoms with van der Waals surface area (Å²) in [5.41, 5.74) is 0. The SMILES string of the molecule is O=C(CC1COCCN1)N1CCN(Cc2cccs2)CC1. The number of hydrogen-bond acceptors (Lipinski definition) is 5. The van der Waals surface area contributed by atoms with Gasteiger partial charge in [-0.25, -0.2) is 0 Å². The van der Waals surface area contributed by atoms with Crippen molar-refractivity contribution in [1.82, 2.24) is 15.1 Å². The van der Waals surface area contributed by atoms with Crippen molar-refractivity contribution in [1.29, 1.82) is 0 Å². The standard InChI is InChI=1S/C15H23N3O2S/c19-15(10-13-12-20-8-3-16-13)18-6-4-17(5-7-18)11-14-2-1-9-21-14/h1-2,9,13,16H,3-8,10-12H2. The van der Waals surface area contributed by atoms with Gasteiger partial charge in [0.15, 0.2) is 0 Å². The van der Waals surface area contributed by atoms with Crippen LogP contribution >= 0.6 is 11.3 Å². The Morgan fingerprint density at radius 3 is 2.90 bits per heavy atom. The zero-order chi connectivity index (χ0) is 14.5. The van der Waals surface area contributed by atoms with Gasteiger partial charge in [-0.05, 0) is 11.4 Å². The normalized spacial score (nSPS) is 24.2. The number of rotatable bonds is 4. The Hall–Kier alpha value is -0.950. The van der Waals surface area contributed by atoms with E-state index in [0.717, 1.165) is 45.9 Å². The molecule has 1 aromatic rings. The summed E-state index contributed by atoms with van der Waals surface area (Å²) in [4.78, 5) is 18.1. The Bertz CT molecular complexity index is 438. The Kier molecular flexibility index (Phi) is 5.24. The fourth-order valence-corrected chi connectivity index (χ4v) is 3.62. The van der Waals surface area contributed by atoms with Crippen molar-refractivity contribution >= 4 is 17.2 Å². The van der Waals surface area contributed by atoms with Gasteiger partial charge >= 0.3 is 0 Å². The number of morpholine rings is 1. The zero-order valence-corrected chi connectivity index (χ0v) is 13.1. The van der Waals surface area contributed by atoms with E-state index in [4.69, 9.17) is 4.74 Å². The third-order valence-electron chi connectivity index (χ3n) is 4.10. The third-order valence-corrected chi connectivity index (χ3v) is 4.97. The number of carbonyl (C=O) groups is 1. The topological polar surface area (TPSA) is 44.8 Å². The quantitative estimate of drug-likeness (QED) is 0.892. The van der Waals surface area contributed by atoms with Crippen molar-refractivity contribution in [3.8, 4) is 0 Å². The Morgan fingerprint density at radius 1 is 1.38 bits per heavy atom. The summed E-state index contributed by atoms with van der Waals surface area (Å²) in [5, 5.41) is 5.47. The van der Waals surface area contributed by atoms with Gasteiger partial charge in [-0.1, -0.05) is 6.07 Å². The minimum atomic E-state index is 0.190. The lowest BCUT2D eigenvalue weighted by atomic mass is 10.1. The van der Waals surface area contributed by atoms with E-state index in [2.05, 4.69) is 27.7 Å². The van der Waals surface area contributed by atoms with Crippen LogP contribution in [0.15, 0.2) is 17.5 Å². The average molecular weight is 309 g/mol. The van der Waals surface area contributed by atoms with Gasteiger partial charge in [0, 0.05) is 56.6 Å². The summed E-state index contributed by atoms with van der Waals surface area (Å²) in [7, 11) is 0. The smallest absolute Gasteiger partial charge is 0.224 e. The van der Waals surface area contributed by atoms with Crippen LogP contribution in [-0.4, -0.2) is 67.7 Å². The third kappa shape index (κ3) is 4.26. The van der Waals surface area contributed by atoms with Crippen molar-refractivity contribution in [2.75, 3.05) is 45.9 Å². The maximum atomic E-state index is 12.3. The van der Waals surface area contributed by atoms with Crippen molar-refractivity contribution < 1.29 is 9.53 Å². The molecular formula is C15H23N3O2S. The van der Waals surface area contributed by atoms with E-state index in [-0.39, 0.29) is 11.9 Å². The molecule has 1 atom stereocenters. The number of hydrogen-bond donors (Lipinski definition) is 1. The maximum Gasteiger partial charge on any atom is 0.224 e. The monoisotopic (exact) mass is 309 g/mol. The lowest BCUT2D eigenvalue weighted by Crippen LogP contribution is -2.50. The molecule has 2 saturated heterocycles. The van der Waals surface area contributed by atoms with Gasteiger partial charge in [-0.3, -0.25) is 9.69 Å². The molecule has 0 saturated carbocycles. The first-order chi connectivity index (χ1) is 10.3. The molecule has 0 aliphatic carbocycles. The molecule has 6 heteroatoms. The van der Waals surface area contributed by atoms with Crippen LogP contribution in [0.1, 0.15) is 11.3 Å². The molecule has 1 unspecified atom stereocenters. The second kappa shape index (κ2) is 7.35. The van der Waals surface area contributed by atoms with Crippen molar-refractivity contribution in [2.24, 2.45) is 0 Å². The Morgan fingerprint density at radius 2 is 2.24 bits per heavy atom. The number of thiophene rings is 1. The highest BCUT2D eigenvalue weighted by Gasteiger charge is 2.24. The molecule has 1 N–H and O–H groups in total. The van der Waals surface area contributed by atoms with Gasteiger partial charge in [0.25, 0.3) is 0 Å². The number of nitrogens with zero attached hydrogens (tertiary/aromatic N) is 2. The van der Waals surface area contributed by atoms with E-state index in [1.807, 2.05) is 4.90 Å². The molecule has 1 aromatic heterocycles. The molecule has 0 spiro atoms. The van der Waals surface area contributed by atoms with Crippen molar-refractivity contribution in [2.45, 2.75) is 19.0 Å². The van der Waals surface area contributed by atoms with Crippen LogP contribution < -0.4 is 5.32 Å². The largest absolute Gasteiger partial charge is 0.378 e. The first-order valence-electron chi connectivity index (χ1n) is 7.65. The highest BCUT2D eigenvalue weighted by Crippen LogP contribution is 2.14. The molecule has 0 aromatic carbocycles. The molecule has 2 fully saturated rings. The van der Waals surface area contributed by atoms with Gasteiger partial charge < -0.3 is 15.0 Å². The minimum Gasteiger partial charge on any atom is -0.378 e. The summed E-state index contributed by atoms with van der Waals surface area (Å²) in [6.07, 6.45) is 0.560. The van der Waals surface area contributed by atoms with Crippen LogP contribution in [0, 0.1) is 0 Å². The van der Waals surface area contributed by atoms with Crippen molar-refractivity contribution in [3.05, 3.63) is 22.4 Å². The molecule has 21 heavy (non-hydrogen) atoms. The van der Waals surface area contributed by atoms with E-state index >= 15 is 0 Å². The van der Waals surface area contributed by atoms with Crippen LogP contribution in [0.2, 0.25) is 0 Å². The zero-order valence-electron chi connectivity index (χ0n) is 12.3. The molecule has 0 bridgehead atoms. The van der Waals surface area contributed by atoms with Crippen LogP contribution in [0.4, 0.5) is 0 Å². The minimum absolute atomic E-state index is 0.190. The van der Waals surface area contributed by atoms with Gasteiger partial charge in [-0.15, -0.1) is 11.3 Å². The second-order valence-electron chi connectivity index (χ2n) is 5.67. The lowest BCUT2D eigenvalue weighted by Gasteiger charge is -2.35. The highest BCUT2D eigenvalue weighted by atomic mass is 32.1. The summed E-state index contributed by atoms with van der Waals surface area (Å²) in [6, 6.07) is 4.46. The molecule has 116 valence electrons. The number of nitrogens with one attached hydrogen (secondary N) is 1. The fraction of sp³-hybridized carbons (Fsp3) is 0.667. The van der Waals surface area contributed by atoms with E-state index < -0.39 is 0 Å². The Balaban J connectivity index is 1.41. The first-order valence-corrected chi connectivity index (χ1v) is 8.53. The number of amides is 1. The van der Waals surface area contributed by atoms with Gasteiger partial charge in [0.05, 0.1) is 13.2 Å². The highest BCUT2D eigenvalue weighted by molar-refractivity contribution is 7.09. The average Bonchev–Trinajstić information content (AvgIpc) is 3.02. The Labute approximate surface area is 129 Å². The van der Waals surface area contributed by atoms with Gasteiger partial charge in [0.1, 0.15) is 0 Å². The summed E-state index contributed by atoms with van der Waals surface area (Å²) < 4.78 is 5.41. The number of piperazine rings is 1. The molecular weight excluding hydrogens is 286 g/mol. The second-order valence-corrected chi connectivity index (χ2v) is 6.70. The summed E-state index contributed by atoms with van der Waals surface area (Å²) >= 11 is 1.80. The van der Waals surface area contributed by atoms with Gasteiger partial charge in [0.2, 0.25) is 5.91 Å². The predicted molar refractivity (Wildman–Crippen MR) is 83.4 cm³/mol. The molecule has 0 radical (unpaired) electrons. The fourth-order valence-electron chi connectivity index (χ4n) is 2.87. The first kappa shape index (κ1) is 15.0. The molecule has 2 aliphatic rings. The van der Waals surface area contributed by atoms with E-state index in [1.165, 1.54) is 4.88 Å². The molecule has 3 heterocycles. The van der Waals surface area contributed by atoms with Crippen LogP contribution in [-0.2, 0) is 16.1 Å². The van der Waals surface area contributed by atoms with Crippen molar-refractivity contribution in [3.63, 3.8) is 0 Å². The molecule has 3 rings (SSSR count). The molecule has 2 aliphatic heterocycles. The number of ether oxygens (including phenoxy) is 1. The summed E-state index contributed by atoms with van der Waals surface area (Å²) in [6.45, 7) is 6.91. The van der Waals surface area contributed by atoms with E-state index in [9.17, 15) is 4.79 Å². The van der Waals surface area contributed by atoms with Gasteiger partial charge in [-0.2, -0.15) is 0 Å². The van der Waals surface area contributed by atoms with Crippen LogP contribution in [0.25, 0.3) is 0 Å². The number of carbonyl (C=O) groups excluding carboxylic acids is 1. The lowest BCUT2D eigenvalue weighted by molar-refractivity contribution is -0.134. The van der Waals surface area contributed by atoms with E-state index in [0.29, 0.717) is 13.0 Å². The molecule has 5 nitrogen and oxygen atoms in total. The van der Waals surface area contributed by atoms with Crippen LogP contribution in [0.5, 0.6) is 0 Å². The predicted octanol–water partition coefficient (Wildman–Crippen LogP) is 0.771. The maximum absolute atomic E-state index is 12.3. The summed E-state index contributed by atoms with van der Waals surface area (Å²) in [5.74, 6) is 0.258. The van der Waals surface area contributed by atoms with Crippen LogP contribution in [0.3, 0.4) is 0 Å². The van der Waals surface area contributed by atoms with E-state index in [1.54, 1.807) is 11.3 Å². The molecule has 1 amide bonds.